The number of amides is 2. The van der Waals surface area contributed by atoms with E-state index in [-0.39, 0.29) is 17.6 Å². The van der Waals surface area contributed by atoms with E-state index in [2.05, 4.69) is 27.7 Å². The summed E-state index contributed by atoms with van der Waals surface area (Å²) < 4.78 is 0. The topological polar surface area (TPSA) is 84.0 Å². The second-order valence-corrected chi connectivity index (χ2v) is 8.17. The van der Waals surface area contributed by atoms with E-state index in [9.17, 15) is 9.59 Å². The number of carbonyl (C=O) groups is 2. The minimum absolute atomic E-state index is 0.201. The number of aryl methyl sites for hydroxylation is 2. The molecule has 0 saturated heterocycles. The van der Waals surface area contributed by atoms with Crippen LogP contribution in [0.4, 0.5) is 0 Å². The lowest BCUT2D eigenvalue weighted by molar-refractivity contribution is -0.126. The number of thiophene rings is 1. The van der Waals surface area contributed by atoms with E-state index in [1.165, 1.54) is 35.5 Å². The van der Waals surface area contributed by atoms with Gasteiger partial charge in [0.25, 0.3) is 0 Å². The van der Waals surface area contributed by atoms with Gasteiger partial charge in [-0.1, -0.05) is 18.7 Å². The van der Waals surface area contributed by atoms with Crippen molar-refractivity contribution < 1.29 is 9.59 Å². The number of thioether (sulfide) groups is 1. The van der Waals surface area contributed by atoms with Crippen molar-refractivity contribution >= 4 is 45.1 Å². The molecule has 2 aromatic heterocycles. The average Bonchev–Trinajstić information content (AvgIpc) is 2.87. The lowest BCUT2D eigenvalue weighted by Crippen LogP contribution is -2.41. The molecule has 24 heavy (non-hydrogen) atoms. The van der Waals surface area contributed by atoms with Crippen LogP contribution >= 0.6 is 23.1 Å². The summed E-state index contributed by atoms with van der Waals surface area (Å²) in [7, 11) is 0. The van der Waals surface area contributed by atoms with Gasteiger partial charge in [0.2, 0.25) is 11.8 Å². The first-order valence-electron chi connectivity index (χ1n) is 7.91. The van der Waals surface area contributed by atoms with Crippen LogP contribution in [-0.4, -0.2) is 27.5 Å². The van der Waals surface area contributed by atoms with E-state index >= 15 is 0 Å². The van der Waals surface area contributed by atoms with Crippen LogP contribution in [0.25, 0.3) is 10.2 Å². The van der Waals surface area contributed by atoms with Crippen molar-refractivity contribution in [1.29, 1.82) is 0 Å². The first kappa shape index (κ1) is 17.2. The van der Waals surface area contributed by atoms with Gasteiger partial charge in [0.05, 0.1) is 5.75 Å². The fourth-order valence-electron chi connectivity index (χ4n) is 2.84. The first-order valence-corrected chi connectivity index (χ1v) is 9.71. The number of rotatable bonds is 3. The van der Waals surface area contributed by atoms with Gasteiger partial charge < -0.3 is 0 Å². The molecule has 0 aromatic carbocycles. The van der Waals surface area contributed by atoms with E-state index < -0.39 is 0 Å². The lowest BCUT2D eigenvalue weighted by atomic mass is 9.89. The fourth-order valence-corrected chi connectivity index (χ4v) is 5.24. The summed E-state index contributed by atoms with van der Waals surface area (Å²) in [4.78, 5) is 34.2. The molecule has 0 radical (unpaired) electrons. The summed E-state index contributed by atoms with van der Waals surface area (Å²) in [6.07, 6.45) is 3.33. The molecule has 6 nitrogen and oxygen atoms in total. The molecule has 2 N–H and O–H groups in total. The Morgan fingerprint density at radius 2 is 2.12 bits per heavy atom. The largest absolute Gasteiger partial charge is 0.274 e. The number of nitrogens with zero attached hydrogens (tertiary/aromatic N) is 2. The summed E-state index contributed by atoms with van der Waals surface area (Å²) in [6, 6.07) is 0. The molecule has 8 heteroatoms. The molecule has 2 aromatic rings. The lowest BCUT2D eigenvalue weighted by Gasteiger charge is -2.18. The van der Waals surface area contributed by atoms with Gasteiger partial charge in [0, 0.05) is 17.2 Å². The highest BCUT2D eigenvalue weighted by Gasteiger charge is 2.24. The quantitative estimate of drug-likeness (QED) is 0.496. The van der Waals surface area contributed by atoms with Crippen LogP contribution in [0.15, 0.2) is 5.03 Å². The molecule has 1 aliphatic rings. The van der Waals surface area contributed by atoms with Crippen molar-refractivity contribution in [3.8, 4) is 0 Å². The highest BCUT2D eigenvalue weighted by Crippen LogP contribution is 2.40. The SMILES string of the molecule is CC(=O)NNC(=O)CSc1nc(C)nc2sc3c(c12)CC[C@H](C)C3. The van der Waals surface area contributed by atoms with Gasteiger partial charge in [-0.25, -0.2) is 9.97 Å². The molecule has 0 spiro atoms. The van der Waals surface area contributed by atoms with Crippen molar-refractivity contribution in [1.82, 2.24) is 20.8 Å². The minimum atomic E-state index is -0.297. The summed E-state index contributed by atoms with van der Waals surface area (Å²) >= 11 is 3.15. The van der Waals surface area contributed by atoms with Crippen molar-refractivity contribution in [3.63, 3.8) is 0 Å². The molecule has 1 aliphatic carbocycles. The van der Waals surface area contributed by atoms with Crippen LogP contribution in [0.2, 0.25) is 0 Å². The normalized spacial score (nSPS) is 16.7. The van der Waals surface area contributed by atoms with Gasteiger partial charge >= 0.3 is 0 Å². The van der Waals surface area contributed by atoms with Gasteiger partial charge in [-0.05, 0) is 37.7 Å². The predicted octanol–water partition coefficient (Wildman–Crippen LogP) is 2.38. The number of hydrazine groups is 1. The van der Waals surface area contributed by atoms with Crippen molar-refractivity contribution in [2.24, 2.45) is 5.92 Å². The maximum atomic E-state index is 11.8. The monoisotopic (exact) mass is 364 g/mol. The van der Waals surface area contributed by atoms with Crippen LogP contribution < -0.4 is 10.9 Å². The van der Waals surface area contributed by atoms with E-state index in [4.69, 9.17) is 0 Å². The Labute approximate surface area is 148 Å². The molecule has 0 unspecified atom stereocenters. The molecule has 0 aliphatic heterocycles. The Morgan fingerprint density at radius 1 is 1.33 bits per heavy atom. The molecule has 2 amide bonds. The summed E-state index contributed by atoms with van der Waals surface area (Å²) in [6.45, 7) is 5.51. The van der Waals surface area contributed by atoms with E-state index in [0.717, 1.165) is 33.9 Å². The van der Waals surface area contributed by atoms with Crippen LogP contribution in [-0.2, 0) is 22.4 Å². The number of fused-ring (bicyclic) bond motifs is 3. The molecule has 3 rings (SSSR count). The van der Waals surface area contributed by atoms with Gasteiger partial charge in [-0.15, -0.1) is 11.3 Å². The highest BCUT2D eigenvalue weighted by molar-refractivity contribution is 8.00. The molecular weight excluding hydrogens is 344 g/mol. The Morgan fingerprint density at radius 3 is 2.88 bits per heavy atom. The molecule has 128 valence electrons. The third-order valence-electron chi connectivity index (χ3n) is 3.95. The number of hydrogen-bond acceptors (Lipinski definition) is 6. The Hall–Kier alpha value is -1.67. The van der Waals surface area contributed by atoms with Crippen LogP contribution in [0.5, 0.6) is 0 Å². The summed E-state index contributed by atoms with van der Waals surface area (Å²) in [5.41, 5.74) is 6.03. The molecule has 0 fully saturated rings. The Kier molecular flexibility index (Phi) is 5.05. The maximum absolute atomic E-state index is 11.8. The first-order chi connectivity index (χ1) is 11.4. The number of hydrogen-bond donors (Lipinski definition) is 2. The van der Waals surface area contributed by atoms with Gasteiger partial charge in [0.1, 0.15) is 15.7 Å². The predicted molar refractivity (Wildman–Crippen MR) is 96.0 cm³/mol. The van der Waals surface area contributed by atoms with E-state index in [1.807, 2.05) is 6.92 Å². The zero-order chi connectivity index (χ0) is 17.3. The number of aromatic nitrogens is 2. The molecular formula is C16H20N4O2S2. The number of nitrogens with one attached hydrogen (secondary N) is 2. The van der Waals surface area contributed by atoms with Crippen molar-refractivity contribution in [3.05, 3.63) is 16.3 Å². The van der Waals surface area contributed by atoms with Gasteiger partial charge in [-0.3, -0.25) is 20.4 Å². The zero-order valence-electron chi connectivity index (χ0n) is 13.9. The Balaban J connectivity index is 1.84. The highest BCUT2D eigenvalue weighted by atomic mass is 32.2. The van der Waals surface area contributed by atoms with E-state index in [0.29, 0.717) is 5.92 Å². The van der Waals surface area contributed by atoms with Crippen LogP contribution in [0.1, 0.15) is 36.5 Å². The minimum Gasteiger partial charge on any atom is -0.274 e. The molecule has 2 heterocycles. The second-order valence-electron chi connectivity index (χ2n) is 6.13. The van der Waals surface area contributed by atoms with Crippen molar-refractivity contribution in [2.45, 2.75) is 45.1 Å². The smallest absolute Gasteiger partial charge is 0.248 e. The molecule has 0 bridgehead atoms. The van der Waals surface area contributed by atoms with Crippen molar-refractivity contribution in [2.75, 3.05) is 5.75 Å². The maximum Gasteiger partial charge on any atom is 0.248 e. The average molecular weight is 364 g/mol. The second kappa shape index (κ2) is 7.06. The third-order valence-corrected chi connectivity index (χ3v) is 6.08. The Bertz CT molecular complexity index is 803. The van der Waals surface area contributed by atoms with Crippen LogP contribution in [0.3, 0.4) is 0 Å². The fraction of sp³-hybridized carbons (Fsp3) is 0.500. The van der Waals surface area contributed by atoms with Gasteiger partial charge in [0.15, 0.2) is 0 Å². The summed E-state index contributed by atoms with van der Waals surface area (Å²) in [5.74, 6) is 1.08. The molecule has 1 atom stereocenters. The standard InChI is InChI=1S/C16H20N4O2S2/c1-8-4-5-11-12(6-8)24-16-14(11)15(17-9(2)18-16)23-7-13(22)20-19-10(3)21/h8H,4-7H2,1-3H3,(H,19,21)(H,20,22)/t8-/m0/s1. The van der Waals surface area contributed by atoms with E-state index in [1.54, 1.807) is 11.3 Å². The summed E-state index contributed by atoms with van der Waals surface area (Å²) in [5, 5.41) is 1.98. The number of carbonyl (C=O) groups excluding carboxylic acids is 2. The van der Waals surface area contributed by atoms with Crippen LogP contribution in [0, 0.1) is 12.8 Å². The van der Waals surface area contributed by atoms with Gasteiger partial charge in [-0.2, -0.15) is 0 Å². The third kappa shape index (κ3) is 3.70. The zero-order valence-corrected chi connectivity index (χ0v) is 15.6. The molecule has 0 saturated carbocycles.